The number of carbonyl (C=O) groups is 1. The first-order chi connectivity index (χ1) is 16.8. The number of methoxy groups -OCH3 is 1. The number of aliphatic hydroxyl groups excluding tert-OH is 1. The maximum absolute atomic E-state index is 11.3. The van der Waals surface area contributed by atoms with E-state index in [9.17, 15) is 9.90 Å². The van der Waals surface area contributed by atoms with Crippen LogP contribution in [0.5, 0.6) is 0 Å². The minimum absolute atomic E-state index is 0.0827. The van der Waals surface area contributed by atoms with Crippen LogP contribution in [0.1, 0.15) is 75.5 Å². The van der Waals surface area contributed by atoms with Gasteiger partial charge in [0.05, 0.1) is 19.3 Å². The molecule has 0 aromatic carbocycles. The van der Waals surface area contributed by atoms with Gasteiger partial charge in [-0.05, 0) is 104 Å². The summed E-state index contributed by atoms with van der Waals surface area (Å²) in [6.45, 7) is 13.7. The smallest absolute Gasteiger partial charge is 0.305 e. The Labute approximate surface area is 232 Å². The summed E-state index contributed by atoms with van der Waals surface area (Å²) in [6, 6.07) is 2.24. The molecule has 0 saturated heterocycles. The lowest BCUT2D eigenvalue weighted by atomic mass is 9.90. The van der Waals surface area contributed by atoms with Crippen LogP contribution in [-0.2, 0) is 20.4 Å². The lowest BCUT2D eigenvalue weighted by molar-refractivity contribution is -0.140. The fraction of sp³-hybridized carbons (Fsp3) is 0.690. The number of ether oxygens (including phenoxy) is 1. The predicted octanol–water partition coefficient (Wildman–Crippen LogP) is 8.37. The molecule has 1 heterocycles. The van der Waals surface area contributed by atoms with Crippen molar-refractivity contribution >= 4 is 41.6 Å². The number of carbonyl (C=O) groups excluding carboxylic acids is 1. The molecule has 0 radical (unpaired) electrons. The van der Waals surface area contributed by atoms with E-state index in [1.807, 2.05) is 11.3 Å². The van der Waals surface area contributed by atoms with Crippen molar-refractivity contribution in [2.75, 3.05) is 7.11 Å². The van der Waals surface area contributed by atoms with Gasteiger partial charge < -0.3 is 14.3 Å². The molecule has 1 N–H and O–H groups in total. The second kappa shape index (κ2) is 14.4. The molecule has 1 fully saturated rings. The number of unbranched alkanes of at least 4 members (excludes halogenated alkanes) is 1. The van der Waals surface area contributed by atoms with Gasteiger partial charge in [-0.25, -0.2) is 0 Å². The van der Waals surface area contributed by atoms with Crippen molar-refractivity contribution in [3.8, 4) is 0 Å². The number of thiophene rings is 1. The van der Waals surface area contributed by atoms with Crippen LogP contribution in [0.25, 0.3) is 0 Å². The lowest BCUT2D eigenvalue weighted by Crippen LogP contribution is -2.43. The second-order valence-corrected chi connectivity index (χ2v) is 18.6. The summed E-state index contributed by atoms with van der Waals surface area (Å²) in [7, 11) is -0.487. The van der Waals surface area contributed by atoms with Gasteiger partial charge in [-0.1, -0.05) is 45.1 Å². The molecule has 1 aromatic rings. The van der Waals surface area contributed by atoms with E-state index < -0.39 is 8.32 Å². The topological polar surface area (TPSA) is 55.8 Å². The van der Waals surface area contributed by atoms with Gasteiger partial charge in [0.1, 0.15) is 0 Å². The summed E-state index contributed by atoms with van der Waals surface area (Å²) in [5.41, 5.74) is 0. The molecule has 1 aliphatic rings. The molecule has 1 unspecified atom stereocenters. The average Bonchev–Trinajstić information content (AvgIpc) is 3.31. The molecule has 0 aliphatic heterocycles. The van der Waals surface area contributed by atoms with E-state index in [0.29, 0.717) is 12.3 Å². The largest absolute Gasteiger partial charge is 0.469 e. The molecule has 1 aliphatic carbocycles. The molecule has 1 aromatic heterocycles. The Kier molecular flexibility index (Phi) is 12.6. The number of esters is 1. The fourth-order valence-corrected chi connectivity index (χ4v) is 7.35. The molecule has 1 saturated carbocycles. The predicted molar refractivity (Wildman–Crippen MR) is 158 cm³/mol. The van der Waals surface area contributed by atoms with Crippen molar-refractivity contribution in [2.24, 2.45) is 11.8 Å². The van der Waals surface area contributed by atoms with Gasteiger partial charge >= 0.3 is 5.97 Å². The summed E-state index contributed by atoms with van der Waals surface area (Å²) < 4.78 is 12.8. The average molecular weight is 600 g/mol. The molecule has 2 rings (SSSR count). The van der Waals surface area contributed by atoms with Crippen LogP contribution in [0.15, 0.2) is 34.8 Å². The molecular formula is C29H47BrO4SSi. The highest BCUT2D eigenvalue weighted by Crippen LogP contribution is 2.39. The Hall–Kier alpha value is -0.733. The highest BCUT2D eigenvalue weighted by Gasteiger charge is 2.39. The maximum Gasteiger partial charge on any atom is 0.305 e. The van der Waals surface area contributed by atoms with Crippen LogP contribution in [0.2, 0.25) is 18.1 Å². The van der Waals surface area contributed by atoms with E-state index >= 15 is 0 Å². The molecule has 36 heavy (non-hydrogen) atoms. The highest BCUT2D eigenvalue weighted by atomic mass is 79.9. The van der Waals surface area contributed by atoms with Crippen molar-refractivity contribution in [1.29, 1.82) is 0 Å². The zero-order valence-electron chi connectivity index (χ0n) is 23.3. The SMILES string of the molecule is COC(=O)CCCC=CC[C@H]1C(O)CC[C@@H]1C=C[C@H](CCc1cc(Br)c(C)s1)O[Si](C)(C)C(C)(C)C. The van der Waals surface area contributed by atoms with Crippen molar-refractivity contribution in [1.82, 2.24) is 0 Å². The van der Waals surface area contributed by atoms with Crippen molar-refractivity contribution < 1.29 is 19.1 Å². The maximum atomic E-state index is 11.3. The van der Waals surface area contributed by atoms with Crippen LogP contribution in [0.3, 0.4) is 0 Å². The summed E-state index contributed by atoms with van der Waals surface area (Å²) in [5.74, 6) is 0.446. The molecule has 7 heteroatoms. The number of allylic oxidation sites excluding steroid dienone is 3. The Morgan fingerprint density at radius 2 is 2.03 bits per heavy atom. The Bertz CT molecular complexity index is 867. The van der Waals surface area contributed by atoms with Crippen LogP contribution in [0, 0.1) is 18.8 Å². The number of hydrogen-bond donors (Lipinski definition) is 1. The molecule has 0 amide bonds. The van der Waals surface area contributed by atoms with Crippen LogP contribution in [-0.4, -0.2) is 38.7 Å². The summed E-state index contributed by atoms with van der Waals surface area (Å²) in [5, 5.41) is 10.8. The standard InChI is InChI=1S/C29H47BrO4SSi/c1-21-26(30)20-24(35-21)18-17-23(34-36(6,7)29(2,3)4)16-14-22-15-19-27(31)25(22)12-10-8-9-11-13-28(32)33-5/h8,10,14,16,20,22-23,25,27,31H,9,11-13,15,17-19H2,1-7H3/t22-,23+,25+,27?/m0/s1. The number of aryl methyl sites for hydroxylation is 2. The first-order valence-corrected chi connectivity index (χ1v) is 17.9. The zero-order chi connectivity index (χ0) is 26.9. The van der Waals surface area contributed by atoms with Gasteiger partial charge in [0.25, 0.3) is 0 Å². The van der Waals surface area contributed by atoms with Crippen LogP contribution >= 0.6 is 27.3 Å². The van der Waals surface area contributed by atoms with Crippen molar-refractivity contribution in [3.63, 3.8) is 0 Å². The Balaban J connectivity index is 2.03. The third kappa shape index (κ3) is 9.86. The monoisotopic (exact) mass is 598 g/mol. The van der Waals surface area contributed by atoms with E-state index in [1.165, 1.54) is 21.3 Å². The van der Waals surface area contributed by atoms with Crippen LogP contribution < -0.4 is 0 Å². The second-order valence-electron chi connectivity index (χ2n) is 11.6. The van der Waals surface area contributed by atoms with Gasteiger partial charge in [0, 0.05) is 20.6 Å². The van der Waals surface area contributed by atoms with Crippen molar-refractivity contribution in [3.05, 3.63) is 44.6 Å². The highest BCUT2D eigenvalue weighted by molar-refractivity contribution is 9.10. The van der Waals surface area contributed by atoms with Crippen molar-refractivity contribution in [2.45, 2.75) is 109 Å². The van der Waals surface area contributed by atoms with Gasteiger partial charge in [0.2, 0.25) is 0 Å². The Morgan fingerprint density at radius 1 is 1.31 bits per heavy atom. The lowest BCUT2D eigenvalue weighted by Gasteiger charge is -2.38. The molecule has 4 nitrogen and oxygen atoms in total. The van der Waals surface area contributed by atoms with E-state index in [4.69, 9.17) is 9.16 Å². The minimum atomic E-state index is -1.91. The van der Waals surface area contributed by atoms with Gasteiger partial charge in [-0.2, -0.15) is 0 Å². The van der Waals surface area contributed by atoms with E-state index in [1.54, 1.807) is 0 Å². The Morgan fingerprint density at radius 3 is 2.64 bits per heavy atom. The van der Waals surface area contributed by atoms with Gasteiger partial charge in [0.15, 0.2) is 8.32 Å². The molecule has 0 bridgehead atoms. The number of rotatable bonds is 13. The van der Waals surface area contributed by atoms with E-state index in [-0.39, 0.29) is 29.1 Å². The summed E-state index contributed by atoms with van der Waals surface area (Å²) >= 11 is 5.51. The molecular weight excluding hydrogens is 552 g/mol. The van der Waals surface area contributed by atoms with E-state index in [0.717, 1.165) is 44.9 Å². The third-order valence-corrected chi connectivity index (χ3v) is 14.5. The minimum Gasteiger partial charge on any atom is -0.469 e. The molecule has 204 valence electrons. The van der Waals surface area contributed by atoms with E-state index in [2.05, 4.69) is 87.1 Å². The molecule has 0 spiro atoms. The number of halogens is 1. The summed E-state index contributed by atoms with van der Waals surface area (Å²) in [4.78, 5) is 14.0. The first-order valence-electron chi connectivity index (χ1n) is 13.3. The normalized spacial score (nSPS) is 22.1. The number of aliphatic hydroxyl groups is 1. The zero-order valence-corrected chi connectivity index (χ0v) is 26.7. The number of hydrogen-bond acceptors (Lipinski definition) is 5. The quantitative estimate of drug-likeness (QED) is 0.107. The molecule has 4 atom stereocenters. The first kappa shape index (κ1) is 31.5. The third-order valence-electron chi connectivity index (χ3n) is 7.80. The summed E-state index contributed by atoms with van der Waals surface area (Å²) in [6.07, 6.45) is 15.6. The van der Waals surface area contributed by atoms with Crippen LogP contribution in [0.4, 0.5) is 0 Å². The van der Waals surface area contributed by atoms with Gasteiger partial charge in [-0.3, -0.25) is 4.79 Å². The van der Waals surface area contributed by atoms with Gasteiger partial charge in [-0.15, -0.1) is 11.3 Å². The fourth-order valence-electron chi connectivity index (χ4n) is 4.43.